The molecular weight excluding hydrogens is 430 g/mol. The molecule has 0 spiro atoms. The normalized spacial score (nSPS) is 12.1. The highest BCUT2D eigenvalue weighted by molar-refractivity contribution is 7.91. The lowest BCUT2D eigenvalue weighted by Crippen LogP contribution is -2.04. The van der Waals surface area contributed by atoms with Crippen molar-refractivity contribution in [2.45, 2.75) is 22.8 Å². The number of rotatable bonds is 8. The summed E-state index contributed by atoms with van der Waals surface area (Å²) in [7, 11) is -4.08. The number of hydrogen-bond donors (Lipinski definition) is 2. The number of carbonyl (C=O) groups excluding carboxylic acids is 1. The van der Waals surface area contributed by atoms with Gasteiger partial charge in [0.05, 0.1) is 10.5 Å². The van der Waals surface area contributed by atoms with Crippen LogP contribution in [0.1, 0.15) is 27.5 Å². The summed E-state index contributed by atoms with van der Waals surface area (Å²) >= 11 is 0. The fraction of sp³-hybridized carbons (Fsp3) is 0.0870. The van der Waals surface area contributed by atoms with E-state index in [1.54, 1.807) is 18.2 Å². The van der Waals surface area contributed by atoms with Gasteiger partial charge in [-0.25, -0.2) is 13.4 Å². The van der Waals surface area contributed by atoms with E-state index >= 15 is 0 Å². The molecule has 0 radical (unpaired) electrons. The fourth-order valence-electron chi connectivity index (χ4n) is 3.14. The minimum atomic E-state index is -4.08. The third-order valence-electron chi connectivity index (χ3n) is 4.74. The maximum atomic E-state index is 13.2. The van der Waals surface area contributed by atoms with Gasteiger partial charge in [0.1, 0.15) is 17.8 Å². The van der Waals surface area contributed by atoms with E-state index in [1.165, 1.54) is 18.2 Å². The molecule has 4 aromatic rings. The number of hydrogen-bond acceptors (Lipinski definition) is 7. The number of aliphatic hydroxyl groups excluding tert-OH is 1. The van der Waals surface area contributed by atoms with Crippen LogP contribution in [-0.2, 0) is 22.7 Å². The molecule has 2 aromatic heterocycles. The Bertz CT molecular complexity index is 1340. The van der Waals surface area contributed by atoms with E-state index in [4.69, 9.17) is 4.42 Å². The Kier molecular flexibility index (Phi) is 6.00. The molecule has 0 saturated heterocycles. The van der Waals surface area contributed by atoms with Gasteiger partial charge in [-0.1, -0.05) is 48.5 Å². The van der Waals surface area contributed by atoms with Crippen molar-refractivity contribution < 1.29 is 22.7 Å². The van der Waals surface area contributed by atoms with Crippen molar-refractivity contribution in [3.63, 3.8) is 0 Å². The molecule has 0 amide bonds. The van der Waals surface area contributed by atoms with Crippen molar-refractivity contribution in [2.75, 3.05) is 0 Å². The second-order valence-corrected chi connectivity index (χ2v) is 8.79. The molecule has 0 atom stereocenters. The SMILES string of the molecule is O=C(C=C(O)c1cc(CCc2ccccc2)oc1S(=O)(=O)c1ccccc1)c1ncn[nH]1. The van der Waals surface area contributed by atoms with Crippen molar-refractivity contribution in [1.29, 1.82) is 0 Å². The molecule has 2 heterocycles. The molecule has 2 aromatic carbocycles. The van der Waals surface area contributed by atoms with Gasteiger partial charge in [-0.05, 0) is 30.2 Å². The largest absolute Gasteiger partial charge is 0.507 e. The van der Waals surface area contributed by atoms with Crippen molar-refractivity contribution in [2.24, 2.45) is 0 Å². The standard InChI is InChI=1S/C23H19N3O5S/c27-20(14-21(28)22-24-15-25-26-22)19-13-17(12-11-16-7-3-1-4-8-16)31-23(19)32(29,30)18-9-5-2-6-10-18/h1-10,13-15,27H,11-12H2,(H,24,25,26). The van der Waals surface area contributed by atoms with Gasteiger partial charge in [-0.2, -0.15) is 5.10 Å². The summed E-state index contributed by atoms with van der Waals surface area (Å²) in [5.41, 5.74) is 0.961. The predicted molar refractivity (Wildman–Crippen MR) is 116 cm³/mol. The average molecular weight is 449 g/mol. The number of allylic oxidation sites excluding steroid dienone is 1. The van der Waals surface area contributed by atoms with Crippen LogP contribution in [0.5, 0.6) is 0 Å². The summed E-state index contributed by atoms with van der Waals surface area (Å²) in [6.45, 7) is 0. The van der Waals surface area contributed by atoms with Gasteiger partial charge >= 0.3 is 0 Å². The second kappa shape index (κ2) is 9.03. The monoisotopic (exact) mass is 449 g/mol. The van der Waals surface area contributed by atoms with E-state index in [0.717, 1.165) is 18.0 Å². The molecular formula is C23H19N3O5S. The zero-order chi connectivity index (χ0) is 22.6. The Labute approximate surface area is 184 Å². The predicted octanol–water partition coefficient (Wildman–Crippen LogP) is 3.80. The first kappa shape index (κ1) is 21.3. The maximum absolute atomic E-state index is 13.2. The van der Waals surface area contributed by atoms with Gasteiger partial charge in [0.15, 0.2) is 5.82 Å². The number of aromatic amines is 1. The molecule has 0 unspecified atom stereocenters. The van der Waals surface area contributed by atoms with Crippen molar-refractivity contribution in [1.82, 2.24) is 15.2 Å². The molecule has 0 saturated carbocycles. The van der Waals surface area contributed by atoms with Crippen LogP contribution in [0.4, 0.5) is 0 Å². The van der Waals surface area contributed by atoms with Crippen LogP contribution in [-0.4, -0.2) is 34.5 Å². The highest BCUT2D eigenvalue weighted by Crippen LogP contribution is 2.31. The summed E-state index contributed by atoms with van der Waals surface area (Å²) < 4.78 is 32.1. The van der Waals surface area contributed by atoms with Gasteiger partial charge in [0, 0.05) is 12.5 Å². The van der Waals surface area contributed by atoms with Crippen molar-refractivity contribution in [3.8, 4) is 0 Å². The van der Waals surface area contributed by atoms with Gasteiger partial charge in [0.2, 0.25) is 20.7 Å². The Morgan fingerprint density at radius 2 is 1.72 bits per heavy atom. The number of furan rings is 1. The number of benzene rings is 2. The molecule has 0 fully saturated rings. The summed E-state index contributed by atoms with van der Waals surface area (Å²) in [6, 6.07) is 18.8. The third-order valence-corrected chi connectivity index (χ3v) is 6.43. The van der Waals surface area contributed by atoms with Gasteiger partial charge in [-0.3, -0.25) is 9.89 Å². The quantitative estimate of drug-likeness (QED) is 0.238. The molecule has 162 valence electrons. The van der Waals surface area contributed by atoms with Crippen LogP contribution in [0.2, 0.25) is 0 Å². The number of aryl methyl sites for hydroxylation is 2. The fourth-order valence-corrected chi connectivity index (χ4v) is 4.54. The number of nitrogens with one attached hydrogen (secondary N) is 1. The summed E-state index contributed by atoms with van der Waals surface area (Å²) in [6.07, 6.45) is 3.06. The van der Waals surface area contributed by atoms with Crippen LogP contribution in [0.15, 0.2) is 93.5 Å². The molecule has 9 heteroatoms. The molecule has 0 aliphatic rings. The lowest BCUT2D eigenvalue weighted by Gasteiger charge is -2.04. The highest BCUT2D eigenvalue weighted by atomic mass is 32.2. The van der Waals surface area contributed by atoms with E-state index in [9.17, 15) is 18.3 Å². The number of aliphatic hydroxyl groups is 1. The molecule has 32 heavy (non-hydrogen) atoms. The highest BCUT2D eigenvalue weighted by Gasteiger charge is 2.29. The first-order chi connectivity index (χ1) is 15.4. The van der Waals surface area contributed by atoms with Crippen LogP contribution in [0.3, 0.4) is 0 Å². The lowest BCUT2D eigenvalue weighted by molar-refractivity contribution is 0.103. The molecule has 0 aliphatic carbocycles. The minimum Gasteiger partial charge on any atom is -0.507 e. The first-order valence-corrected chi connectivity index (χ1v) is 11.2. The Balaban J connectivity index is 1.73. The number of ketones is 1. The first-order valence-electron chi connectivity index (χ1n) is 9.72. The zero-order valence-corrected chi connectivity index (χ0v) is 17.6. The van der Waals surface area contributed by atoms with E-state index in [-0.39, 0.29) is 16.3 Å². The average Bonchev–Trinajstić information content (AvgIpc) is 3.50. The van der Waals surface area contributed by atoms with E-state index in [2.05, 4.69) is 15.2 Å². The van der Waals surface area contributed by atoms with Crippen LogP contribution in [0.25, 0.3) is 5.76 Å². The zero-order valence-electron chi connectivity index (χ0n) is 16.8. The van der Waals surface area contributed by atoms with Gasteiger partial charge in [0.25, 0.3) is 0 Å². The Morgan fingerprint density at radius 3 is 2.38 bits per heavy atom. The maximum Gasteiger partial charge on any atom is 0.240 e. The van der Waals surface area contributed by atoms with E-state index in [1.807, 2.05) is 30.3 Å². The van der Waals surface area contributed by atoms with E-state index in [0.29, 0.717) is 18.6 Å². The minimum absolute atomic E-state index is 0.0135. The van der Waals surface area contributed by atoms with Crippen LogP contribution < -0.4 is 0 Å². The van der Waals surface area contributed by atoms with E-state index < -0.39 is 26.5 Å². The molecule has 0 aliphatic heterocycles. The van der Waals surface area contributed by atoms with Crippen LogP contribution >= 0.6 is 0 Å². The molecule has 8 nitrogen and oxygen atoms in total. The van der Waals surface area contributed by atoms with Gasteiger partial charge < -0.3 is 9.52 Å². The number of aromatic nitrogens is 3. The van der Waals surface area contributed by atoms with Crippen LogP contribution in [0, 0.1) is 0 Å². The van der Waals surface area contributed by atoms with Crippen molar-refractivity contribution >= 4 is 21.4 Å². The summed E-state index contributed by atoms with van der Waals surface area (Å²) in [4.78, 5) is 16.0. The Hall–Kier alpha value is -3.98. The van der Waals surface area contributed by atoms with Crippen molar-refractivity contribution in [3.05, 3.63) is 102 Å². The Morgan fingerprint density at radius 1 is 1.03 bits per heavy atom. The lowest BCUT2D eigenvalue weighted by atomic mass is 10.1. The number of sulfone groups is 1. The molecule has 2 N–H and O–H groups in total. The summed E-state index contributed by atoms with van der Waals surface area (Å²) in [5, 5.41) is 16.2. The number of nitrogens with zero attached hydrogens (tertiary/aromatic N) is 2. The second-order valence-electron chi connectivity index (χ2n) is 6.94. The van der Waals surface area contributed by atoms with Gasteiger partial charge in [-0.15, -0.1) is 0 Å². The summed E-state index contributed by atoms with van der Waals surface area (Å²) in [5.74, 6) is -0.923. The number of H-pyrrole nitrogens is 1. The topological polar surface area (TPSA) is 126 Å². The third kappa shape index (κ3) is 4.52. The molecule has 4 rings (SSSR count). The molecule has 0 bridgehead atoms. The number of carbonyl (C=O) groups is 1. The smallest absolute Gasteiger partial charge is 0.240 e.